The highest BCUT2D eigenvalue weighted by atomic mass is 16.5. The van der Waals surface area contributed by atoms with Crippen molar-refractivity contribution in [2.75, 3.05) is 26.3 Å². The van der Waals surface area contributed by atoms with Gasteiger partial charge in [0.1, 0.15) is 18.4 Å². The van der Waals surface area contributed by atoms with Crippen molar-refractivity contribution in [3.63, 3.8) is 0 Å². The Morgan fingerprint density at radius 1 is 1.48 bits per heavy atom. The normalized spacial score (nSPS) is 18.7. The van der Waals surface area contributed by atoms with E-state index in [2.05, 4.69) is 4.90 Å². The van der Waals surface area contributed by atoms with E-state index in [0.717, 1.165) is 37.2 Å². The molecule has 1 aliphatic rings. The summed E-state index contributed by atoms with van der Waals surface area (Å²) in [6.45, 7) is 5.00. The van der Waals surface area contributed by atoms with E-state index in [1.54, 1.807) is 0 Å². The van der Waals surface area contributed by atoms with Gasteiger partial charge < -0.3 is 15.2 Å². The van der Waals surface area contributed by atoms with Gasteiger partial charge in [-0.3, -0.25) is 9.69 Å². The Morgan fingerprint density at radius 3 is 3.10 bits per heavy atom. The molecule has 0 radical (unpaired) electrons. The lowest BCUT2D eigenvalue weighted by Gasteiger charge is -2.22. The highest BCUT2D eigenvalue weighted by Crippen LogP contribution is 2.19. The molecule has 5 heteroatoms. The summed E-state index contributed by atoms with van der Waals surface area (Å²) in [5, 5.41) is 0. The molecule has 1 unspecified atom stereocenters. The van der Waals surface area contributed by atoms with Gasteiger partial charge in [0, 0.05) is 13.1 Å². The molecule has 1 fully saturated rings. The molecule has 1 aliphatic heterocycles. The van der Waals surface area contributed by atoms with Crippen LogP contribution in [0.2, 0.25) is 0 Å². The molecule has 0 bridgehead atoms. The van der Waals surface area contributed by atoms with Gasteiger partial charge in [0.2, 0.25) is 0 Å². The SMILES string of the molecule is CCOC(=O)C1CCCN1CCOc1cccc(CN)c1. The molecular formula is C16H24N2O3. The summed E-state index contributed by atoms with van der Waals surface area (Å²) in [6.07, 6.45) is 1.91. The summed E-state index contributed by atoms with van der Waals surface area (Å²) in [6, 6.07) is 7.68. The lowest BCUT2D eigenvalue weighted by atomic mass is 10.2. The van der Waals surface area contributed by atoms with Crippen LogP contribution in [0.15, 0.2) is 24.3 Å². The number of carbonyl (C=O) groups excluding carboxylic acids is 1. The van der Waals surface area contributed by atoms with Crippen molar-refractivity contribution in [3.05, 3.63) is 29.8 Å². The second-order valence-electron chi connectivity index (χ2n) is 5.15. The van der Waals surface area contributed by atoms with Gasteiger partial charge in [-0.2, -0.15) is 0 Å². The number of carbonyl (C=O) groups is 1. The largest absolute Gasteiger partial charge is 0.492 e. The third kappa shape index (κ3) is 4.44. The smallest absolute Gasteiger partial charge is 0.323 e. The summed E-state index contributed by atoms with van der Waals surface area (Å²) in [5.74, 6) is 0.713. The second kappa shape index (κ2) is 8.00. The van der Waals surface area contributed by atoms with Crippen molar-refractivity contribution in [2.45, 2.75) is 32.4 Å². The first-order chi connectivity index (χ1) is 10.2. The molecule has 2 rings (SSSR count). The number of hydrogen-bond acceptors (Lipinski definition) is 5. The topological polar surface area (TPSA) is 64.8 Å². The zero-order chi connectivity index (χ0) is 15.1. The number of esters is 1. The minimum Gasteiger partial charge on any atom is -0.492 e. The Hall–Kier alpha value is -1.59. The molecule has 0 aromatic heterocycles. The van der Waals surface area contributed by atoms with Crippen molar-refractivity contribution in [2.24, 2.45) is 5.73 Å². The molecule has 1 aromatic rings. The molecule has 0 aliphatic carbocycles. The quantitative estimate of drug-likeness (QED) is 0.773. The van der Waals surface area contributed by atoms with Crippen molar-refractivity contribution >= 4 is 5.97 Å². The average Bonchev–Trinajstić information content (AvgIpc) is 2.96. The Morgan fingerprint density at radius 2 is 2.33 bits per heavy atom. The standard InChI is InChI=1S/C16H24N2O3/c1-2-20-16(19)15-7-4-8-18(15)9-10-21-14-6-3-5-13(11-14)12-17/h3,5-6,11,15H,2,4,7-10,12,17H2,1H3. The number of benzene rings is 1. The van der Waals surface area contributed by atoms with Gasteiger partial charge in [0.05, 0.1) is 6.61 Å². The average molecular weight is 292 g/mol. The van der Waals surface area contributed by atoms with Crippen molar-refractivity contribution in [3.8, 4) is 5.75 Å². The third-order valence-corrected chi connectivity index (χ3v) is 3.70. The van der Waals surface area contributed by atoms with E-state index in [9.17, 15) is 4.79 Å². The third-order valence-electron chi connectivity index (χ3n) is 3.70. The van der Waals surface area contributed by atoms with Crippen LogP contribution in [0.25, 0.3) is 0 Å². The van der Waals surface area contributed by atoms with E-state index in [4.69, 9.17) is 15.2 Å². The predicted molar refractivity (Wildman–Crippen MR) is 81.1 cm³/mol. The lowest BCUT2D eigenvalue weighted by molar-refractivity contribution is -0.148. The van der Waals surface area contributed by atoms with Crippen molar-refractivity contribution in [1.82, 2.24) is 4.90 Å². The fraction of sp³-hybridized carbons (Fsp3) is 0.562. The first-order valence-electron chi connectivity index (χ1n) is 7.57. The number of likely N-dealkylation sites (tertiary alicyclic amines) is 1. The van der Waals surface area contributed by atoms with Gasteiger partial charge in [-0.1, -0.05) is 12.1 Å². The summed E-state index contributed by atoms with van der Waals surface area (Å²) < 4.78 is 10.9. The molecule has 21 heavy (non-hydrogen) atoms. The van der Waals surface area contributed by atoms with E-state index < -0.39 is 0 Å². The van der Waals surface area contributed by atoms with E-state index in [-0.39, 0.29) is 12.0 Å². The monoisotopic (exact) mass is 292 g/mol. The number of hydrogen-bond donors (Lipinski definition) is 1. The number of ether oxygens (including phenoxy) is 2. The lowest BCUT2D eigenvalue weighted by Crippen LogP contribution is -2.39. The number of nitrogens with zero attached hydrogens (tertiary/aromatic N) is 1. The molecule has 1 aromatic carbocycles. The first-order valence-corrected chi connectivity index (χ1v) is 7.57. The van der Waals surface area contributed by atoms with Gasteiger partial charge in [-0.15, -0.1) is 0 Å². The molecule has 116 valence electrons. The summed E-state index contributed by atoms with van der Waals surface area (Å²) in [7, 11) is 0. The van der Waals surface area contributed by atoms with Crippen LogP contribution >= 0.6 is 0 Å². The Bertz CT molecular complexity index is 465. The number of nitrogens with two attached hydrogens (primary N) is 1. The fourth-order valence-electron chi connectivity index (χ4n) is 2.64. The van der Waals surface area contributed by atoms with Gasteiger partial charge >= 0.3 is 5.97 Å². The van der Waals surface area contributed by atoms with Gasteiger partial charge in [0.15, 0.2) is 0 Å². The minimum atomic E-state index is -0.111. The molecule has 2 N–H and O–H groups in total. The summed E-state index contributed by atoms with van der Waals surface area (Å²) in [5.41, 5.74) is 6.67. The maximum atomic E-state index is 11.9. The molecule has 1 heterocycles. The van der Waals surface area contributed by atoms with E-state index in [1.807, 2.05) is 31.2 Å². The van der Waals surface area contributed by atoms with Crippen LogP contribution in [-0.4, -0.2) is 43.2 Å². The van der Waals surface area contributed by atoms with Gasteiger partial charge in [0.25, 0.3) is 0 Å². The van der Waals surface area contributed by atoms with E-state index in [0.29, 0.717) is 19.8 Å². The summed E-state index contributed by atoms with van der Waals surface area (Å²) >= 11 is 0. The molecule has 0 spiro atoms. The maximum Gasteiger partial charge on any atom is 0.323 e. The Balaban J connectivity index is 1.80. The highest BCUT2D eigenvalue weighted by Gasteiger charge is 2.31. The van der Waals surface area contributed by atoms with Gasteiger partial charge in [-0.25, -0.2) is 0 Å². The van der Waals surface area contributed by atoms with Crippen LogP contribution in [0.5, 0.6) is 5.75 Å². The van der Waals surface area contributed by atoms with Gasteiger partial charge in [-0.05, 0) is 44.0 Å². The molecule has 1 atom stereocenters. The zero-order valence-corrected chi connectivity index (χ0v) is 12.6. The zero-order valence-electron chi connectivity index (χ0n) is 12.6. The van der Waals surface area contributed by atoms with E-state index in [1.165, 1.54) is 0 Å². The Kier molecular flexibility index (Phi) is 6.02. The predicted octanol–water partition coefficient (Wildman–Crippen LogP) is 1.55. The first kappa shape index (κ1) is 15.8. The highest BCUT2D eigenvalue weighted by molar-refractivity contribution is 5.76. The van der Waals surface area contributed by atoms with Crippen LogP contribution in [0.1, 0.15) is 25.3 Å². The van der Waals surface area contributed by atoms with Crippen molar-refractivity contribution in [1.29, 1.82) is 0 Å². The molecule has 1 saturated heterocycles. The molecule has 0 amide bonds. The van der Waals surface area contributed by atoms with Crippen LogP contribution in [0.3, 0.4) is 0 Å². The molecule has 0 saturated carbocycles. The summed E-state index contributed by atoms with van der Waals surface area (Å²) in [4.78, 5) is 14.0. The Labute approximate surface area is 126 Å². The van der Waals surface area contributed by atoms with Crippen LogP contribution < -0.4 is 10.5 Å². The minimum absolute atomic E-state index is 0.107. The maximum absolute atomic E-state index is 11.9. The van der Waals surface area contributed by atoms with Crippen molar-refractivity contribution < 1.29 is 14.3 Å². The second-order valence-corrected chi connectivity index (χ2v) is 5.15. The molecular weight excluding hydrogens is 268 g/mol. The van der Waals surface area contributed by atoms with Crippen LogP contribution in [0.4, 0.5) is 0 Å². The molecule has 5 nitrogen and oxygen atoms in total. The van der Waals surface area contributed by atoms with E-state index >= 15 is 0 Å². The van der Waals surface area contributed by atoms with Crippen LogP contribution in [-0.2, 0) is 16.1 Å². The number of rotatable bonds is 7. The van der Waals surface area contributed by atoms with Crippen LogP contribution in [0, 0.1) is 0 Å². The fourth-order valence-corrected chi connectivity index (χ4v) is 2.64.